The van der Waals surface area contributed by atoms with Crippen LogP contribution in [0.2, 0.25) is 0 Å². The Hall–Kier alpha value is -3.15. The standard InChI is InChI=1S/C17H13FN4O/c18-15-6-2-1-5-14(15)16-13(11-23)10-21-17(22-16)20-9-12-4-3-7-19-8-12/h1-8,10-11H,9H2,(H,20,21,22). The second-order valence-corrected chi connectivity index (χ2v) is 4.81. The van der Waals surface area contributed by atoms with Gasteiger partial charge in [0.25, 0.3) is 0 Å². The minimum atomic E-state index is -0.437. The highest BCUT2D eigenvalue weighted by Crippen LogP contribution is 2.24. The van der Waals surface area contributed by atoms with E-state index in [4.69, 9.17) is 0 Å². The zero-order valence-electron chi connectivity index (χ0n) is 12.1. The Morgan fingerprint density at radius 2 is 2.00 bits per heavy atom. The van der Waals surface area contributed by atoms with E-state index >= 15 is 0 Å². The van der Waals surface area contributed by atoms with Crippen LogP contribution in [0.3, 0.4) is 0 Å². The number of hydrogen-bond acceptors (Lipinski definition) is 5. The third kappa shape index (κ3) is 3.37. The number of hydrogen-bond donors (Lipinski definition) is 1. The molecule has 0 bridgehead atoms. The van der Waals surface area contributed by atoms with Crippen LogP contribution in [0, 0.1) is 5.82 Å². The van der Waals surface area contributed by atoms with Gasteiger partial charge in [0, 0.05) is 30.7 Å². The number of carbonyl (C=O) groups is 1. The van der Waals surface area contributed by atoms with Crippen LogP contribution in [0.25, 0.3) is 11.3 Å². The van der Waals surface area contributed by atoms with Gasteiger partial charge in [-0.3, -0.25) is 9.78 Å². The van der Waals surface area contributed by atoms with Crippen molar-refractivity contribution in [3.05, 3.63) is 71.9 Å². The quantitative estimate of drug-likeness (QED) is 0.734. The fourth-order valence-corrected chi connectivity index (χ4v) is 2.12. The molecule has 1 N–H and O–H groups in total. The maximum Gasteiger partial charge on any atom is 0.223 e. The molecule has 1 aromatic carbocycles. The number of nitrogens with one attached hydrogen (secondary N) is 1. The van der Waals surface area contributed by atoms with Crippen molar-refractivity contribution >= 4 is 12.2 Å². The lowest BCUT2D eigenvalue weighted by atomic mass is 10.1. The van der Waals surface area contributed by atoms with Gasteiger partial charge in [-0.15, -0.1) is 0 Å². The average molecular weight is 308 g/mol. The van der Waals surface area contributed by atoms with Crippen LogP contribution in [0.4, 0.5) is 10.3 Å². The first-order valence-corrected chi connectivity index (χ1v) is 6.98. The third-order valence-corrected chi connectivity index (χ3v) is 3.25. The van der Waals surface area contributed by atoms with Gasteiger partial charge in [-0.25, -0.2) is 14.4 Å². The molecule has 0 fully saturated rings. The van der Waals surface area contributed by atoms with Crippen LogP contribution < -0.4 is 5.32 Å². The van der Waals surface area contributed by atoms with E-state index in [-0.39, 0.29) is 16.8 Å². The van der Waals surface area contributed by atoms with E-state index in [1.54, 1.807) is 30.6 Å². The minimum Gasteiger partial charge on any atom is -0.350 e. The summed E-state index contributed by atoms with van der Waals surface area (Å²) >= 11 is 0. The van der Waals surface area contributed by atoms with Gasteiger partial charge in [0.1, 0.15) is 5.82 Å². The summed E-state index contributed by atoms with van der Waals surface area (Å²) in [7, 11) is 0. The number of anilines is 1. The first kappa shape index (κ1) is 14.8. The largest absolute Gasteiger partial charge is 0.350 e. The molecule has 3 rings (SSSR count). The molecule has 0 atom stereocenters. The zero-order valence-corrected chi connectivity index (χ0v) is 12.1. The first-order valence-electron chi connectivity index (χ1n) is 6.98. The number of aldehydes is 1. The average Bonchev–Trinajstić information content (AvgIpc) is 2.61. The lowest BCUT2D eigenvalue weighted by molar-refractivity contribution is 0.112. The SMILES string of the molecule is O=Cc1cnc(NCc2cccnc2)nc1-c1ccccc1F. The summed E-state index contributed by atoms with van der Waals surface area (Å²) in [5.74, 6) is -0.120. The monoisotopic (exact) mass is 308 g/mol. The topological polar surface area (TPSA) is 67.8 Å². The maximum atomic E-state index is 14.0. The van der Waals surface area contributed by atoms with E-state index in [0.29, 0.717) is 18.8 Å². The number of carbonyl (C=O) groups excluding carboxylic acids is 1. The fourth-order valence-electron chi connectivity index (χ4n) is 2.12. The van der Waals surface area contributed by atoms with Crippen LogP contribution in [0.1, 0.15) is 15.9 Å². The fraction of sp³-hybridized carbons (Fsp3) is 0.0588. The third-order valence-electron chi connectivity index (χ3n) is 3.25. The van der Waals surface area contributed by atoms with Crippen LogP contribution in [-0.2, 0) is 6.54 Å². The smallest absolute Gasteiger partial charge is 0.223 e. The normalized spacial score (nSPS) is 10.3. The summed E-state index contributed by atoms with van der Waals surface area (Å²) in [6.45, 7) is 0.477. The van der Waals surface area contributed by atoms with Gasteiger partial charge < -0.3 is 5.32 Å². The van der Waals surface area contributed by atoms with E-state index in [9.17, 15) is 9.18 Å². The van der Waals surface area contributed by atoms with Crippen molar-refractivity contribution in [1.29, 1.82) is 0 Å². The molecule has 0 spiro atoms. The summed E-state index contributed by atoms with van der Waals surface area (Å²) in [5, 5.41) is 3.04. The van der Waals surface area contributed by atoms with Crippen molar-refractivity contribution < 1.29 is 9.18 Å². The highest BCUT2D eigenvalue weighted by atomic mass is 19.1. The Kier molecular flexibility index (Phi) is 4.33. The maximum absolute atomic E-state index is 14.0. The summed E-state index contributed by atoms with van der Waals surface area (Å²) < 4.78 is 14.0. The second-order valence-electron chi connectivity index (χ2n) is 4.81. The van der Waals surface area contributed by atoms with E-state index in [1.807, 2.05) is 12.1 Å². The number of nitrogens with zero attached hydrogens (tertiary/aromatic N) is 3. The van der Waals surface area contributed by atoms with E-state index < -0.39 is 5.82 Å². The molecule has 0 amide bonds. The molecule has 2 aromatic heterocycles. The summed E-state index contributed by atoms with van der Waals surface area (Å²) in [6, 6.07) is 9.93. The molecule has 114 valence electrons. The Balaban J connectivity index is 1.90. The molecule has 6 heteroatoms. The highest BCUT2D eigenvalue weighted by Gasteiger charge is 2.12. The minimum absolute atomic E-state index is 0.238. The first-order chi connectivity index (χ1) is 11.3. The van der Waals surface area contributed by atoms with Crippen LogP contribution in [-0.4, -0.2) is 21.2 Å². The lowest BCUT2D eigenvalue weighted by Gasteiger charge is -2.09. The molecule has 0 aliphatic carbocycles. The van der Waals surface area contributed by atoms with Crippen molar-refractivity contribution in [3.8, 4) is 11.3 Å². The molecule has 3 aromatic rings. The molecule has 0 unspecified atom stereocenters. The second kappa shape index (κ2) is 6.74. The van der Waals surface area contributed by atoms with E-state index in [2.05, 4.69) is 20.3 Å². The Morgan fingerprint density at radius 3 is 2.74 bits per heavy atom. The molecular weight excluding hydrogens is 295 g/mol. The molecule has 0 saturated carbocycles. The number of pyridine rings is 1. The molecule has 2 heterocycles. The van der Waals surface area contributed by atoms with Crippen LogP contribution in [0.15, 0.2) is 55.0 Å². The molecule has 0 aliphatic rings. The van der Waals surface area contributed by atoms with Gasteiger partial charge in [0.05, 0.1) is 11.3 Å². The predicted octanol–water partition coefficient (Wildman–Crippen LogP) is 3.10. The predicted molar refractivity (Wildman–Crippen MR) is 84.4 cm³/mol. The molecule has 0 radical (unpaired) electrons. The Bertz CT molecular complexity index is 824. The lowest BCUT2D eigenvalue weighted by Crippen LogP contribution is -2.06. The number of benzene rings is 1. The van der Waals surface area contributed by atoms with Gasteiger partial charge in [-0.1, -0.05) is 18.2 Å². The van der Waals surface area contributed by atoms with Crippen molar-refractivity contribution in [2.75, 3.05) is 5.32 Å². The highest BCUT2D eigenvalue weighted by molar-refractivity contribution is 5.85. The van der Waals surface area contributed by atoms with Crippen LogP contribution in [0.5, 0.6) is 0 Å². The molecule has 5 nitrogen and oxygen atoms in total. The van der Waals surface area contributed by atoms with Crippen molar-refractivity contribution in [2.24, 2.45) is 0 Å². The van der Waals surface area contributed by atoms with Crippen molar-refractivity contribution in [2.45, 2.75) is 6.54 Å². The van der Waals surface area contributed by atoms with Crippen LogP contribution >= 0.6 is 0 Å². The molecule has 0 saturated heterocycles. The van der Waals surface area contributed by atoms with Gasteiger partial charge in [0.2, 0.25) is 5.95 Å². The summed E-state index contributed by atoms with van der Waals surface area (Å²) in [6.07, 6.45) is 5.42. The number of halogens is 1. The summed E-state index contributed by atoms with van der Waals surface area (Å²) in [4.78, 5) is 23.6. The van der Waals surface area contributed by atoms with Gasteiger partial charge in [-0.05, 0) is 23.8 Å². The van der Waals surface area contributed by atoms with Gasteiger partial charge in [-0.2, -0.15) is 0 Å². The Morgan fingerprint density at radius 1 is 1.13 bits per heavy atom. The zero-order chi connectivity index (χ0) is 16.1. The van der Waals surface area contributed by atoms with Crippen molar-refractivity contribution in [3.63, 3.8) is 0 Å². The molecular formula is C17H13FN4O. The summed E-state index contributed by atoms with van der Waals surface area (Å²) in [5.41, 5.74) is 1.73. The molecule has 0 aliphatic heterocycles. The van der Waals surface area contributed by atoms with E-state index in [0.717, 1.165) is 5.56 Å². The van der Waals surface area contributed by atoms with Gasteiger partial charge in [0.15, 0.2) is 6.29 Å². The number of aromatic nitrogens is 3. The van der Waals surface area contributed by atoms with Gasteiger partial charge >= 0.3 is 0 Å². The van der Waals surface area contributed by atoms with E-state index in [1.165, 1.54) is 12.3 Å². The Labute approximate surface area is 132 Å². The number of rotatable bonds is 5. The molecule has 23 heavy (non-hydrogen) atoms. The van der Waals surface area contributed by atoms with Crippen molar-refractivity contribution in [1.82, 2.24) is 15.0 Å².